The van der Waals surface area contributed by atoms with Crippen molar-refractivity contribution in [2.45, 2.75) is 31.1 Å². The Morgan fingerprint density at radius 3 is 2.50 bits per heavy atom. The Hall–Kier alpha value is -1.27. The van der Waals surface area contributed by atoms with E-state index in [2.05, 4.69) is 6.92 Å². The van der Waals surface area contributed by atoms with Gasteiger partial charge in [0.05, 0.1) is 18.6 Å². The predicted molar refractivity (Wildman–Crippen MR) is 67.8 cm³/mol. The van der Waals surface area contributed by atoms with Gasteiger partial charge < -0.3 is 9.47 Å². The zero-order chi connectivity index (χ0) is 13.6. The molecule has 1 N–H and O–H groups in total. The van der Waals surface area contributed by atoms with Crippen LogP contribution in [0.3, 0.4) is 0 Å². The number of ether oxygens (including phenoxy) is 2. The fourth-order valence-electron chi connectivity index (χ4n) is 1.46. The second-order valence-corrected chi connectivity index (χ2v) is 5.26. The lowest BCUT2D eigenvalue weighted by molar-refractivity contribution is 0.285. The molecule has 5 nitrogen and oxygen atoms in total. The predicted octanol–water partition coefficient (Wildman–Crippen LogP) is 2.51. The molecule has 102 valence electrons. The summed E-state index contributed by atoms with van der Waals surface area (Å²) < 4.78 is 41.4. The number of rotatable bonds is 7. The third-order valence-electron chi connectivity index (χ3n) is 2.44. The quantitative estimate of drug-likeness (QED) is 0.611. The molecule has 0 atom stereocenters. The van der Waals surface area contributed by atoms with E-state index in [1.54, 1.807) is 0 Å². The van der Waals surface area contributed by atoms with Crippen LogP contribution in [0.4, 0.5) is 0 Å². The van der Waals surface area contributed by atoms with Crippen LogP contribution in [0, 0.1) is 0 Å². The van der Waals surface area contributed by atoms with Gasteiger partial charge in [-0.2, -0.15) is 8.42 Å². The highest BCUT2D eigenvalue weighted by Gasteiger charge is 2.13. The molecule has 0 fully saturated rings. The SMILES string of the molecule is CCCCCOc1ccc(S(=O)(=O)O)cc1OC. The van der Waals surface area contributed by atoms with E-state index in [1.165, 1.54) is 25.3 Å². The summed E-state index contributed by atoms with van der Waals surface area (Å²) in [6.07, 6.45) is 3.10. The zero-order valence-corrected chi connectivity index (χ0v) is 11.4. The molecule has 0 heterocycles. The number of hydrogen-bond donors (Lipinski definition) is 1. The number of hydrogen-bond acceptors (Lipinski definition) is 4. The standard InChI is InChI=1S/C12H18O5S/c1-3-4-5-8-17-11-7-6-10(18(13,14)15)9-12(11)16-2/h6-7,9H,3-5,8H2,1-2H3,(H,13,14,15). The van der Waals surface area contributed by atoms with Crippen molar-refractivity contribution >= 4 is 10.1 Å². The molecule has 0 bridgehead atoms. The first-order chi connectivity index (χ1) is 8.49. The Labute approximate surface area is 107 Å². The second kappa shape index (κ2) is 6.61. The maximum atomic E-state index is 11.0. The van der Waals surface area contributed by atoms with E-state index >= 15 is 0 Å². The van der Waals surface area contributed by atoms with Crippen LogP contribution in [0.25, 0.3) is 0 Å². The van der Waals surface area contributed by atoms with Crippen LogP contribution in [0.5, 0.6) is 11.5 Å². The highest BCUT2D eigenvalue weighted by molar-refractivity contribution is 7.85. The minimum absolute atomic E-state index is 0.208. The van der Waals surface area contributed by atoms with Gasteiger partial charge in [0.15, 0.2) is 11.5 Å². The van der Waals surface area contributed by atoms with E-state index in [9.17, 15) is 8.42 Å². The van der Waals surface area contributed by atoms with Crippen LogP contribution in [-0.2, 0) is 10.1 Å². The highest BCUT2D eigenvalue weighted by atomic mass is 32.2. The van der Waals surface area contributed by atoms with Crippen molar-refractivity contribution < 1.29 is 22.4 Å². The molecule has 0 spiro atoms. The average Bonchev–Trinajstić information content (AvgIpc) is 2.33. The largest absolute Gasteiger partial charge is 0.493 e. The van der Waals surface area contributed by atoms with E-state index in [1.807, 2.05) is 0 Å². The summed E-state index contributed by atoms with van der Waals surface area (Å²) in [5.74, 6) is 0.766. The van der Waals surface area contributed by atoms with E-state index < -0.39 is 10.1 Å². The van der Waals surface area contributed by atoms with Crippen molar-refractivity contribution in [3.63, 3.8) is 0 Å². The Bertz CT molecular complexity index is 481. The van der Waals surface area contributed by atoms with Gasteiger partial charge in [-0.1, -0.05) is 19.8 Å². The van der Waals surface area contributed by atoms with Gasteiger partial charge >= 0.3 is 0 Å². The Morgan fingerprint density at radius 1 is 1.22 bits per heavy atom. The van der Waals surface area contributed by atoms with Gasteiger partial charge in [-0.05, 0) is 18.6 Å². The first-order valence-corrected chi connectivity index (χ1v) is 7.21. The second-order valence-electron chi connectivity index (χ2n) is 3.84. The summed E-state index contributed by atoms with van der Waals surface area (Å²) in [6, 6.07) is 4.01. The van der Waals surface area contributed by atoms with Crippen molar-refractivity contribution in [2.24, 2.45) is 0 Å². The first kappa shape index (κ1) is 14.8. The van der Waals surface area contributed by atoms with E-state index in [-0.39, 0.29) is 4.90 Å². The molecule has 0 aromatic heterocycles. The first-order valence-electron chi connectivity index (χ1n) is 5.77. The Morgan fingerprint density at radius 2 is 1.94 bits per heavy atom. The fraction of sp³-hybridized carbons (Fsp3) is 0.500. The van der Waals surface area contributed by atoms with Crippen LogP contribution in [0.15, 0.2) is 23.1 Å². The summed E-state index contributed by atoms with van der Waals surface area (Å²) in [5, 5.41) is 0. The molecular formula is C12H18O5S. The molecule has 0 unspecified atom stereocenters. The molecule has 1 rings (SSSR count). The summed E-state index contributed by atoms with van der Waals surface area (Å²) in [7, 11) is -2.80. The summed E-state index contributed by atoms with van der Waals surface area (Å²) in [4.78, 5) is -0.208. The molecular weight excluding hydrogens is 256 g/mol. The van der Waals surface area contributed by atoms with Gasteiger partial charge in [0.2, 0.25) is 0 Å². The fourth-order valence-corrected chi connectivity index (χ4v) is 1.96. The number of unbranched alkanes of at least 4 members (excludes halogenated alkanes) is 2. The maximum absolute atomic E-state index is 11.0. The molecule has 0 aliphatic carbocycles. The van der Waals surface area contributed by atoms with Crippen molar-refractivity contribution in [1.82, 2.24) is 0 Å². The third-order valence-corrected chi connectivity index (χ3v) is 3.29. The normalized spacial score (nSPS) is 11.3. The molecule has 6 heteroatoms. The molecule has 0 aliphatic heterocycles. The molecule has 1 aromatic rings. The number of benzene rings is 1. The minimum Gasteiger partial charge on any atom is -0.493 e. The maximum Gasteiger partial charge on any atom is 0.294 e. The van der Waals surface area contributed by atoms with Crippen molar-refractivity contribution in [3.8, 4) is 11.5 Å². The van der Waals surface area contributed by atoms with E-state index in [4.69, 9.17) is 14.0 Å². The van der Waals surface area contributed by atoms with Gasteiger partial charge in [0, 0.05) is 6.07 Å². The zero-order valence-electron chi connectivity index (χ0n) is 10.5. The minimum atomic E-state index is -4.22. The van der Waals surface area contributed by atoms with E-state index in [0.29, 0.717) is 18.1 Å². The van der Waals surface area contributed by atoms with Crippen LogP contribution < -0.4 is 9.47 Å². The molecule has 0 saturated heterocycles. The van der Waals surface area contributed by atoms with Crippen LogP contribution in [-0.4, -0.2) is 26.7 Å². The van der Waals surface area contributed by atoms with E-state index in [0.717, 1.165) is 19.3 Å². The van der Waals surface area contributed by atoms with Gasteiger partial charge in [-0.15, -0.1) is 0 Å². The molecule has 0 amide bonds. The summed E-state index contributed by atoms with van der Waals surface area (Å²) >= 11 is 0. The lowest BCUT2D eigenvalue weighted by atomic mass is 10.2. The monoisotopic (exact) mass is 274 g/mol. The average molecular weight is 274 g/mol. The Balaban J connectivity index is 2.81. The van der Waals surface area contributed by atoms with Crippen molar-refractivity contribution in [3.05, 3.63) is 18.2 Å². The smallest absolute Gasteiger partial charge is 0.294 e. The molecule has 0 aliphatic rings. The Kier molecular flexibility index (Phi) is 5.43. The molecule has 0 saturated carbocycles. The third kappa shape index (κ3) is 4.19. The lowest BCUT2D eigenvalue weighted by Gasteiger charge is -2.11. The van der Waals surface area contributed by atoms with Crippen LogP contribution in [0.2, 0.25) is 0 Å². The van der Waals surface area contributed by atoms with Crippen LogP contribution >= 0.6 is 0 Å². The molecule has 0 radical (unpaired) electrons. The molecule has 1 aromatic carbocycles. The van der Waals surface area contributed by atoms with Gasteiger partial charge in [0.1, 0.15) is 0 Å². The molecule has 18 heavy (non-hydrogen) atoms. The number of methoxy groups -OCH3 is 1. The van der Waals surface area contributed by atoms with Crippen molar-refractivity contribution in [2.75, 3.05) is 13.7 Å². The van der Waals surface area contributed by atoms with Gasteiger partial charge in [-0.3, -0.25) is 4.55 Å². The van der Waals surface area contributed by atoms with Gasteiger partial charge in [-0.25, -0.2) is 0 Å². The van der Waals surface area contributed by atoms with Crippen molar-refractivity contribution in [1.29, 1.82) is 0 Å². The van der Waals surface area contributed by atoms with Gasteiger partial charge in [0.25, 0.3) is 10.1 Å². The van der Waals surface area contributed by atoms with Crippen LogP contribution in [0.1, 0.15) is 26.2 Å². The topological polar surface area (TPSA) is 72.8 Å². The highest BCUT2D eigenvalue weighted by Crippen LogP contribution is 2.29. The summed E-state index contributed by atoms with van der Waals surface area (Å²) in [5.41, 5.74) is 0. The summed E-state index contributed by atoms with van der Waals surface area (Å²) in [6.45, 7) is 2.65. The lowest BCUT2D eigenvalue weighted by Crippen LogP contribution is -2.02.